The average molecular weight is 521 g/mol. The van der Waals surface area contributed by atoms with E-state index in [1.54, 1.807) is 13.8 Å². The van der Waals surface area contributed by atoms with Gasteiger partial charge in [-0.3, -0.25) is 9.59 Å². The molecule has 5 nitrogen and oxygen atoms in total. The van der Waals surface area contributed by atoms with E-state index >= 15 is 0 Å². The third kappa shape index (κ3) is 6.18. The van der Waals surface area contributed by atoms with Crippen LogP contribution >= 0.6 is 0 Å². The molecule has 0 unspecified atom stereocenters. The fourth-order valence-electron chi connectivity index (χ4n) is 5.75. The number of carboxylic acids is 1. The lowest BCUT2D eigenvalue weighted by atomic mass is 9.81. The molecule has 0 atom stereocenters. The molecule has 4 rings (SSSR count). The fraction of sp³-hybridized carbons (Fsp3) is 0.636. The molecule has 0 saturated heterocycles. The van der Waals surface area contributed by atoms with Gasteiger partial charge in [-0.05, 0) is 79.0 Å². The summed E-state index contributed by atoms with van der Waals surface area (Å²) in [5.41, 5.74) is 6.45. The number of amides is 1. The maximum Gasteiger partial charge on any atom is 0.309 e. The van der Waals surface area contributed by atoms with Gasteiger partial charge in [0.15, 0.2) is 0 Å². The first-order valence-corrected chi connectivity index (χ1v) is 14.6. The number of carbonyl (C=O) groups is 2. The lowest BCUT2D eigenvalue weighted by molar-refractivity contribution is -0.147. The van der Waals surface area contributed by atoms with Crippen LogP contribution < -0.4 is 5.32 Å². The van der Waals surface area contributed by atoms with Crippen molar-refractivity contribution in [3.05, 3.63) is 46.8 Å². The number of nitrogens with one attached hydrogen (secondary N) is 1. The van der Waals surface area contributed by atoms with Crippen molar-refractivity contribution in [2.45, 2.75) is 110 Å². The largest absolute Gasteiger partial charge is 0.481 e. The molecule has 0 bridgehead atoms. The molecule has 2 aliphatic carbocycles. The highest BCUT2D eigenvalue weighted by Gasteiger charge is 2.40. The van der Waals surface area contributed by atoms with E-state index in [0.717, 1.165) is 6.42 Å². The molecule has 2 aromatic rings. The molecule has 0 spiro atoms. The summed E-state index contributed by atoms with van der Waals surface area (Å²) in [7, 11) is 2.02. The Morgan fingerprint density at radius 2 is 1.68 bits per heavy atom. The van der Waals surface area contributed by atoms with Gasteiger partial charge in [0.2, 0.25) is 0 Å². The molecule has 5 heteroatoms. The molecule has 208 valence electrons. The summed E-state index contributed by atoms with van der Waals surface area (Å²) in [4.78, 5) is 24.9. The lowest BCUT2D eigenvalue weighted by Crippen LogP contribution is -2.32. The fourth-order valence-corrected chi connectivity index (χ4v) is 5.75. The molecular weight excluding hydrogens is 472 g/mol. The van der Waals surface area contributed by atoms with E-state index in [2.05, 4.69) is 61.8 Å². The number of hydrogen-bond donors (Lipinski definition) is 2. The molecule has 2 saturated carbocycles. The Balaban J connectivity index is 1.72. The second-order valence-corrected chi connectivity index (χ2v) is 14.0. The normalized spacial score (nSPS) is 17.9. The summed E-state index contributed by atoms with van der Waals surface area (Å²) < 4.78 is 2.10. The molecule has 1 aromatic heterocycles. The lowest BCUT2D eigenvalue weighted by Gasteiger charge is -2.25. The first-order valence-electron chi connectivity index (χ1n) is 14.6. The minimum atomic E-state index is -0.874. The van der Waals surface area contributed by atoms with E-state index in [4.69, 9.17) is 0 Å². The number of aliphatic carboxylic acids is 1. The van der Waals surface area contributed by atoms with Crippen molar-refractivity contribution in [2.75, 3.05) is 6.54 Å². The van der Waals surface area contributed by atoms with Crippen molar-refractivity contribution in [2.24, 2.45) is 18.4 Å². The maximum atomic E-state index is 13.4. The van der Waals surface area contributed by atoms with Gasteiger partial charge in [-0.2, -0.15) is 0 Å². The second-order valence-electron chi connectivity index (χ2n) is 14.0. The van der Waals surface area contributed by atoms with Gasteiger partial charge in [-0.1, -0.05) is 78.0 Å². The predicted octanol–water partition coefficient (Wildman–Crippen LogP) is 7.39. The van der Waals surface area contributed by atoms with Crippen molar-refractivity contribution < 1.29 is 14.7 Å². The summed E-state index contributed by atoms with van der Waals surface area (Å²) in [6, 6.07) is 9.19. The van der Waals surface area contributed by atoms with Gasteiger partial charge in [0.05, 0.1) is 5.41 Å². The van der Waals surface area contributed by atoms with Gasteiger partial charge in [-0.15, -0.1) is 0 Å². The van der Waals surface area contributed by atoms with E-state index in [0.29, 0.717) is 24.6 Å². The van der Waals surface area contributed by atoms with Crippen molar-refractivity contribution in [1.82, 2.24) is 9.88 Å². The molecule has 38 heavy (non-hydrogen) atoms. The maximum absolute atomic E-state index is 13.4. The number of aromatic nitrogens is 1. The second kappa shape index (κ2) is 10.5. The van der Waals surface area contributed by atoms with Crippen molar-refractivity contribution in [3.63, 3.8) is 0 Å². The highest BCUT2D eigenvalue weighted by Crippen LogP contribution is 2.49. The highest BCUT2D eigenvalue weighted by molar-refractivity contribution is 5.95. The number of rotatable bonds is 9. The van der Waals surface area contributed by atoms with E-state index in [1.807, 2.05) is 7.05 Å². The van der Waals surface area contributed by atoms with Crippen molar-refractivity contribution in [3.8, 4) is 11.1 Å². The third-order valence-electron chi connectivity index (χ3n) is 9.22. The van der Waals surface area contributed by atoms with Crippen LogP contribution in [-0.4, -0.2) is 28.1 Å². The molecule has 1 amide bonds. The quantitative estimate of drug-likeness (QED) is 0.362. The van der Waals surface area contributed by atoms with E-state index < -0.39 is 11.4 Å². The van der Waals surface area contributed by atoms with Gasteiger partial charge in [0.1, 0.15) is 5.69 Å². The zero-order chi connectivity index (χ0) is 27.9. The first-order chi connectivity index (χ1) is 17.7. The standard InChI is InChI=1S/C33H48N2O3/c1-31(2,3)24-18-23(19-25(20-24)33(6)13-14-33)26-21-28(29(36)34-16-15-32(4,5)30(37)38)35(7)27(26)17-22-11-9-8-10-12-22/h18-22H,8-17H2,1-7H3,(H,34,36)(H,37,38). The Hall–Kier alpha value is -2.56. The van der Waals surface area contributed by atoms with Gasteiger partial charge < -0.3 is 15.0 Å². The SMILES string of the molecule is Cn1c(C(=O)NCCC(C)(C)C(=O)O)cc(-c2cc(C(C)(C)C)cc(C3(C)CC3)c2)c1CC1CCCCC1. The molecule has 0 radical (unpaired) electrons. The first kappa shape index (κ1) is 28.4. The number of carbonyl (C=O) groups excluding carboxylic acids is 1. The topological polar surface area (TPSA) is 71.3 Å². The number of carboxylic acid groups (broad SMARTS) is 1. The summed E-state index contributed by atoms with van der Waals surface area (Å²) in [6.45, 7) is 12.9. The van der Waals surface area contributed by atoms with Crippen LogP contribution in [0.2, 0.25) is 0 Å². The minimum absolute atomic E-state index is 0.0332. The van der Waals surface area contributed by atoms with E-state index in [1.165, 1.54) is 72.9 Å². The van der Waals surface area contributed by atoms with Crippen LogP contribution in [0.15, 0.2) is 24.3 Å². The molecule has 1 heterocycles. The van der Waals surface area contributed by atoms with Crippen molar-refractivity contribution >= 4 is 11.9 Å². The van der Waals surface area contributed by atoms with Gasteiger partial charge in [0.25, 0.3) is 5.91 Å². The average Bonchev–Trinajstić information content (AvgIpc) is 3.53. The third-order valence-corrected chi connectivity index (χ3v) is 9.22. The Morgan fingerprint density at radius 1 is 1.03 bits per heavy atom. The van der Waals surface area contributed by atoms with Crippen LogP contribution in [0.5, 0.6) is 0 Å². The molecule has 1 aromatic carbocycles. The summed E-state index contributed by atoms with van der Waals surface area (Å²) in [6.07, 6.45) is 10.2. The predicted molar refractivity (Wildman–Crippen MR) is 155 cm³/mol. The highest BCUT2D eigenvalue weighted by atomic mass is 16.4. The zero-order valence-electron chi connectivity index (χ0n) is 24.7. The molecule has 2 aliphatic rings. The van der Waals surface area contributed by atoms with Crippen molar-refractivity contribution in [1.29, 1.82) is 0 Å². The summed E-state index contributed by atoms with van der Waals surface area (Å²) in [5, 5.41) is 12.4. The Bertz CT molecular complexity index is 1160. The van der Waals surface area contributed by atoms with E-state index in [9.17, 15) is 14.7 Å². The summed E-state index contributed by atoms with van der Waals surface area (Å²) in [5.74, 6) is -0.331. The monoisotopic (exact) mass is 520 g/mol. The van der Waals surface area contributed by atoms with Gasteiger partial charge >= 0.3 is 5.97 Å². The van der Waals surface area contributed by atoms with Crippen LogP contribution in [-0.2, 0) is 29.1 Å². The number of hydrogen-bond acceptors (Lipinski definition) is 2. The number of benzene rings is 1. The van der Waals surface area contributed by atoms with Gasteiger partial charge in [0, 0.05) is 24.8 Å². The summed E-state index contributed by atoms with van der Waals surface area (Å²) >= 11 is 0. The van der Waals surface area contributed by atoms with Crippen LogP contribution in [0.25, 0.3) is 11.1 Å². The molecule has 2 N–H and O–H groups in total. The van der Waals surface area contributed by atoms with E-state index in [-0.39, 0.29) is 16.7 Å². The van der Waals surface area contributed by atoms with Gasteiger partial charge in [-0.25, -0.2) is 0 Å². The molecule has 0 aliphatic heterocycles. The Morgan fingerprint density at radius 3 is 2.26 bits per heavy atom. The Kier molecular flexibility index (Phi) is 7.89. The van der Waals surface area contributed by atoms with Crippen LogP contribution in [0.3, 0.4) is 0 Å². The molecule has 2 fully saturated rings. The number of nitrogens with zero attached hydrogens (tertiary/aromatic N) is 1. The van der Waals surface area contributed by atoms with Crippen LogP contribution in [0, 0.1) is 11.3 Å². The minimum Gasteiger partial charge on any atom is -0.481 e. The smallest absolute Gasteiger partial charge is 0.309 e. The van der Waals surface area contributed by atoms with Crippen LogP contribution in [0.1, 0.15) is 120 Å². The van der Waals surface area contributed by atoms with Crippen LogP contribution in [0.4, 0.5) is 0 Å². The Labute approximate surface area is 229 Å². The molecular formula is C33H48N2O3. The zero-order valence-corrected chi connectivity index (χ0v) is 24.7.